The summed E-state index contributed by atoms with van der Waals surface area (Å²) in [5, 5.41) is 15.3. The average molecular weight is 1280 g/mol. The van der Waals surface area contributed by atoms with Crippen molar-refractivity contribution >= 4 is 109 Å². The van der Waals surface area contributed by atoms with E-state index in [1.807, 2.05) is 124 Å². The van der Waals surface area contributed by atoms with Gasteiger partial charge >= 0.3 is 7.12 Å². The molecule has 4 amide bonds. The number of nitrogens with zero attached hydrogens (tertiary/aromatic N) is 8. The number of nitrogens with one attached hydrogen (secondary N) is 2. The van der Waals surface area contributed by atoms with Gasteiger partial charge in [0.2, 0.25) is 23.6 Å². The maximum absolute atomic E-state index is 14.1. The van der Waals surface area contributed by atoms with Crippen LogP contribution in [0.1, 0.15) is 101 Å². The van der Waals surface area contributed by atoms with E-state index in [0.717, 1.165) is 43.0 Å². The van der Waals surface area contributed by atoms with E-state index in [1.54, 1.807) is 49.2 Å². The highest BCUT2D eigenvalue weighted by molar-refractivity contribution is 9.10. The van der Waals surface area contributed by atoms with Crippen LogP contribution < -0.4 is 16.1 Å². The molecule has 0 aliphatic carbocycles. The molecular formula is C62H70BBrCl2F2N10O8. The topological polar surface area (TPSA) is 197 Å². The Morgan fingerprint density at radius 2 is 1.13 bits per heavy atom. The highest BCUT2D eigenvalue weighted by atomic mass is 79.9. The molecule has 5 heterocycles. The summed E-state index contributed by atoms with van der Waals surface area (Å²) in [6.45, 7) is 17.9. The second-order valence-electron chi connectivity index (χ2n) is 22.5. The normalized spacial score (nSPS) is 13.3. The van der Waals surface area contributed by atoms with Crippen LogP contribution >= 0.6 is 39.1 Å². The summed E-state index contributed by atoms with van der Waals surface area (Å²) in [4.78, 5) is 79.0. The lowest BCUT2D eigenvalue weighted by Crippen LogP contribution is -2.45. The first-order valence-corrected chi connectivity index (χ1v) is 29.3. The summed E-state index contributed by atoms with van der Waals surface area (Å²) in [5.41, 5.74) is 5.07. The largest absolute Gasteiger partial charge is 0.498 e. The minimum atomic E-state index is -0.585. The lowest BCUT2D eigenvalue weighted by atomic mass is 9.82. The zero-order valence-electron chi connectivity index (χ0n) is 50.1. The number of carbonyl (C=O) groups is 6. The lowest BCUT2D eigenvalue weighted by molar-refractivity contribution is -0.138. The van der Waals surface area contributed by atoms with Crippen molar-refractivity contribution in [3.05, 3.63) is 158 Å². The molecular weight excluding hydrogens is 1210 g/mol. The average Bonchev–Trinajstić information content (AvgIpc) is 2.26. The van der Waals surface area contributed by atoms with Crippen molar-refractivity contribution in [1.82, 2.24) is 49.1 Å². The van der Waals surface area contributed by atoms with Crippen LogP contribution in [0, 0.1) is 11.6 Å². The van der Waals surface area contributed by atoms with Crippen LogP contribution in [0.3, 0.4) is 0 Å². The molecule has 8 aromatic rings. The van der Waals surface area contributed by atoms with E-state index in [4.69, 9.17) is 32.5 Å². The molecule has 0 spiro atoms. The van der Waals surface area contributed by atoms with Crippen molar-refractivity contribution < 1.29 is 46.9 Å². The summed E-state index contributed by atoms with van der Waals surface area (Å²) >= 11 is 15.0. The number of benzene rings is 4. The number of halogens is 5. The molecule has 9 rings (SSSR count). The monoisotopic (exact) mass is 1280 g/mol. The van der Waals surface area contributed by atoms with E-state index in [0.29, 0.717) is 11.1 Å². The standard InChI is InChI=1S/C28H29ClFN5O3.C24H24BrClFN3O3.C10H17BN2O2/c1-17(2)35(15-26(37)31-13-20-6-5-7-23(29)28(20)30)27(38)16-34-14-22(18(3)36)21-12-19(8-9-25(21)34)24-10-11-33(4)32-24;1-14(2)30(12-22(32)28-10-16-5-4-6-20(26)24(16)27)23(33)13-29-11-19(15(3)31)18-9-17(25)7-8-21(18)29;1-9(2)10(3,4)15-11(14-9)8-6-12-13(5)7-8/h5-12,14,17H,13,15-16H2,1-4H3,(H,31,37);4-9,11,14H,10,12-13H2,1-3H3,(H,28,32);6-7H,1-5H3. The molecule has 4 aromatic heterocycles. The van der Waals surface area contributed by atoms with E-state index in [1.165, 1.54) is 47.9 Å². The van der Waals surface area contributed by atoms with E-state index in [9.17, 15) is 37.5 Å². The van der Waals surface area contributed by atoms with Gasteiger partial charge in [-0.2, -0.15) is 10.2 Å². The van der Waals surface area contributed by atoms with Gasteiger partial charge in [0.1, 0.15) is 24.7 Å². The quantitative estimate of drug-likeness (QED) is 0.0616. The number of Topliss-reactive ketones (excluding diaryl/α,β-unsaturated/α-hetero) is 2. The van der Waals surface area contributed by atoms with E-state index >= 15 is 0 Å². The summed E-state index contributed by atoms with van der Waals surface area (Å²) in [6, 6.07) is 21.7. The third kappa shape index (κ3) is 15.9. The van der Waals surface area contributed by atoms with Gasteiger partial charge < -0.3 is 38.9 Å². The number of hydrogen-bond acceptors (Lipinski definition) is 10. The van der Waals surface area contributed by atoms with Crippen molar-refractivity contribution in [1.29, 1.82) is 0 Å². The van der Waals surface area contributed by atoms with Gasteiger partial charge in [0.25, 0.3) is 0 Å². The third-order valence-corrected chi connectivity index (χ3v) is 16.0. The van der Waals surface area contributed by atoms with Crippen LogP contribution in [0.2, 0.25) is 10.0 Å². The predicted molar refractivity (Wildman–Crippen MR) is 333 cm³/mol. The molecule has 0 saturated carbocycles. The predicted octanol–water partition coefficient (Wildman–Crippen LogP) is 10.3. The number of rotatable bonds is 18. The fourth-order valence-corrected chi connectivity index (χ4v) is 10.2. The van der Waals surface area contributed by atoms with Crippen LogP contribution in [0.15, 0.2) is 114 Å². The Hall–Kier alpha value is -7.50. The summed E-state index contributed by atoms with van der Waals surface area (Å²) in [5.74, 6) is -2.78. The van der Waals surface area contributed by atoms with E-state index in [2.05, 4.69) is 36.8 Å². The number of fused-ring (bicyclic) bond motifs is 2. The molecule has 1 aliphatic rings. The molecule has 4 aromatic carbocycles. The van der Waals surface area contributed by atoms with Crippen molar-refractivity contribution in [2.24, 2.45) is 14.1 Å². The maximum atomic E-state index is 14.1. The molecule has 1 fully saturated rings. The molecule has 18 nitrogen and oxygen atoms in total. The van der Waals surface area contributed by atoms with Crippen LogP contribution in [0.4, 0.5) is 8.78 Å². The Balaban J connectivity index is 0.000000200. The minimum absolute atomic E-state index is 0.0170. The smallest absolute Gasteiger partial charge is 0.399 e. The first kappa shape index (κ1) is 66.0. The molecule has 86 heavy (non-hydrogen) atoms. The van der Waals surface area contributed by atoms with Crippen LogP contribution in [0.25, 0.3) is 33.1 Å². The molecule has 0 radical (unpaired) electrons. The third-order valence-electron chi connectivity index (χ3n) is 14.9. The van der Waals surface area contributed by atoms with Gasteiger partial charge in [-0.1, -0.05) is 69.5 Å². The first-order chi connectivity index (χ1) is 40.4. The maximum Gasteiger partial charge on any atom is 0.498 e. The van der Waals surface area contributed by atoms with Crippen molar-refractivity contribution in [3.8, 4) is 11.3 Å². The van der Waals surface area contributed by atoms with Gasteiger partial charge in [-0.15, -0.1) is 0 Å². The summed E-state index contributed by atoms with van der Waals surface area (Å²) < 4.78 is 47.7. The Morgan fingerprint density at radius 1 is 0.663 bits per heavy atom. The fraction of sp³-hybridized carbons (Fsp3) is 0.355. The molecule has 0 atom stereocenters. The van der Waals surface area contributed by atoms with E-state index in [-0.39, 0.29) is 114 Å². The van der Waals surface area contributed by atoms with Crippen LogP contribution in [-0.2, 0) is 68.8 Å². The molecule has 454 valence electrons. The first-order valence-electron chi connectivity index (χ1n) is 27.7. The SMILES string of the molecule is CC(=O)c1cn(CC(=O)N(CC(=O)NCc2cccc(Cl)c2F)C(C)C)c2ccc(-c3ccn(C)n3)cc12.CC(=O)c1cn(CC(=O)N(CC(=O)NCc2cccc(Cl)c2F)C(C)C)c2ccc(Br)cc12.Cn1cc(B2OC(C)(C)C(C)(C)O2)cn1. The Bertz CT molecular complexity index is 3820. The van der Waals surface area contributed by atoms with Gasteiger partial charge in [0, 0.05) is 130 Å². The van der Waals surface area contributed by atoms with Gasteiger partial charge in [-0.25, -0.2) is 8.78 Å². The number of aromatic nitrogens is 6. The zero-order chi connectivity index (χ0) is 63.1. The zero-order valence-corrected chi connectivity index (χ0v) is 53.2. The second-order valence-corrected chi connectivity index (χ2v) is 24.2. The van der Waals surface area contributed by atoms with Gasteiger partial charge in [-0.3, -0.25) is 38.1 Å². The molecule has 2 N–H and O–H groups in total. The number of ketones is 2. The lowest BCUT2D eigenvalue weighted by Gasteiger charge is -2.32. The Morgan fingerprint density at radius 3 is 1.55 bits per heavy atom. The van der Waals surface area contributed by atoms with Crippen molar-refractivity contribution in [2.45, 2.75) is 119 Å². The molecule has 0 unspecified atom stereocenters. The van der Waals surface area contributed by atoms with Crippen molar-refractivity contribution in [3.63, 3.8) is 0 Å². The highest BCUT2D eigenvalue weighted by Gasteiger charge is 2.52. The number of carbonyl (C=O) groups excluding carboxylic acids is 6. The van der Waals surface area contributed by atoms with Gasteiger partial charge in [0.15, 0.2) is 11.6 Å². The minimum Gasteiger partial charge on any atom is -0.399 e. The Kier molecular flexibility index (Phi) is 21.4. The summed E-state index contributed by atoms with van der Waals surface area (Å²) in [6.07, 6.45) is 8.88. The molecule has 0 bridgehead atoms. The summed E-state index contributed by atoms with van der Waals surface area (Å²) in [7, 11) is 3.42. The Labute approximate surface area is 517 Å². The molecule has 1 aliphatic heterocycles. The second kappa shape index (κ2) is 27.9. The van der Waals surface area contributed by atoms with Crippen LogP contribution in [-0.4, -0.2) is 117 Å². The molecule has 24 heteroatoms. The van der Waals surface area contributed by atoms with E-state index < -0.39 is 23.4 Å². The number of amides is 4. The highest BCUT2D eigenvalue weighted by Crippen LogP contribution is 2.36. The number of hydrogen-bond donors (Lipinski definition) is 2. The van der Waals surface area contributed by atoms with Gasteiger partial charge in [0.05, 0.1) is 40.0 Å². The molecule has 1 saturated heterocycles. The number of aryl methyl sites for hydroxylation is 2. The van der Waals surface area contributed by atoms with Crippen LogP contribution in [0.5, 0.6) is 0 Å². The fourth-order valence-electron chi connectivity index (χ4n) is 9.43. The van der Waals surface area contributed by atoms with Crippen molar-refractivity contribution in [2.75, 3.05) is 13.1 Å². The van der Waals surface area contributed by atoms with Gasteiger partial charge in [-0.05, 0) is 118 Å².